The molecule has 2 saturated heterocycles. The van der Waals surface area contributed by atoms with E-state index in [0.717, 1.165) is 54.7 Å². The fraction of sp³-hybridized carbons (Fsp3) is 0.302. The van der Waals surface area contributed by atoms with Crippen LogP contribution in [0.5, 0.6) is 5.75 Å². The Kier molecular flexibility index (Phi) is 11.0. The normalized spacial score (nSPS) is 19.5. The molecule has 0 spiro atoms. The molecule has 2 heterocycles. The first-order valence-electron chi connectivity index (χ1n) is 17.5. The molecule has 252 valence electrons. The van der Waals surface area contributed by atoms with Crippen LogP contribution in [0, 0.1) is 0 Å². The van der Waals surface area contributed by atoms with E-state index in [-0.39, 0.29) is 11.6 Å². The molecule has 0 aromatic heterocycles. The van der Waals surface area contributed by atoms with Crippen LogP contribution in [0.1, 0.15) is 47.3 Å². The summed E-state index contributed by atoms with van der Waals surface area (Å²) >= 11 is 8.33. The number of hydrogen-bond acceptors (Lipinski definition) is 5. The third-order valence-electron chi connectivity index (χ3n) is 10.1. The van der Waals surface area contributed by atoms with Crippen LogP contribution >= 0.6 is 23.4 Å². The first-order chi connectivity index (χ1) is 24.1. The van der Waals surface area contributed by atoms with E-state index < -0.39 is 0 Å². The van der Waals surface area contributed by atoms with Crippen LogP contribution < -0.4 is 4.74 Å². The number of ether oxygens (including phenoxy) is 2. The second-order valence-corrected chi connectivity index (χ2v) is 14.8. The standard InChI is InChI=1S/C43H45ClN2O2S/c1-2-39(45-25-26-47-42(30-45)34-13-12-20-38(44)28-34)31-48-40-23-21-33(22-24-40)27-41-29-46(32-49-41)43(35-14-6-3-7-15-35,36-16-8-4-9-17-36)37-18-10-5-11-19-37/h3-24,28,39,41-42H,2,25-27,29-32H2,1H3. The first-order valence-corrected chi connectivity index (χ1v) is 18.9. The molecule has 3 atom stereocenters. The van der Waals surface area contributed by atoms with Crippen molar-refractivity contribution in [3.05, 3.63) is 172 Å². The molecule has 5 aromatic rings. The molecule has 4 nitrogen and oxygen atoms in total. The van der Waals surface area contributed by atoms with E-state index in [4.69, 9.17) is 21.1 Å². The third-order valence-corrected chi connectivity index (χ3v) is 11.6. The summed E-state index contributed by atoms with van der Waals surface area (Å²) in [5.74, 6) is 1.89. The maximum Gasteiger partial charge on any atom is 0.119 e. The molecule has 0 aliphatic carbocycles. The number of morpholine rings is 1. The van der Waals surface area contributed by atoms with Gasteiger partial charge in [-0.05, 0) is 64.9 Å². The van der Waals surface area contributed by atoms with Crippen molar-refractivity contribution in [1.82, 2.24) is 9.80 Å². The van der Waals surface area contributed by atoms with Crippen LogP contribution in [0.4, 0.5) is 0 Å². The highest BCUT2D eigenvalue weighted by atomic mass is 35.5. The highest BCUT2D eigenvalue weighted by Gasteiger charge is 2.45. The molecule has 7 rings (SSSR count). The van der Waals surface area contributed by atoms with E-state index in [2.05, 4.69) is 150 Å². The summed E-state index contributed by atoms with van der Waals surface area (Å²) in [7, 11) is 0. The minimum absolute atomic E-state index is 0.0309. The fourth-order valence-corrected chi connectivity index (χ4v) is 9.04. The van der Waals surface area contributed by atoms with Crippen molar-refractivity contribution < 1.29 is 9.47 Å². The molecule has 2 aliphatic rings. The summed E-state index contributed by atoms with van der Waals surface area (Å²) < 4.78 is 12.5. The highest BCUT2D eigenvalue weighted by molar-refractivity contribution is 8.00. The average molecular weight is 689 g/mol. The van der Waals surface area contributed by atoms with Crippen LogP contribution in [0.2, 0.25) is 5.02 Å². The van der Waals surface area contributed by atoms with Crippen molar-refractivity contribution in [2.45, 2.75) is 42.7 Å². The van der Waals surface area contributed by atoms with Crippen molar-refractivity contribution >= 4 is 23.4 Å². The van der Waals surface area contributed by atoms with E-state index in [1.54, 1.807) is 0 Å². The fourth-order valence-electron chi connectivity index (χ4n) is 7.56. The summed E-state index contributed by atoms with van der Waals surface area (Å²) in [6, 6.07) is 50.2. The SMILES string of the molecule is CCC(COc1ccc(CC2CN(C(c3ccccc3)(c3ccccc3)c3ccccc3)CS2)cc1)N1CCOC(c2cccc(Cl)c2)C1. The smallest absolute Gasteiger partial charge is 0.119 e. The monoisotopic (exact) mass is 688 g/mol. The lowest BCUT2D eigenvalue weighted by atomic mass is 9.75. The van der Waals surface area contributed by atoms with Gasteiger partial charge in [0, 0.05) is 41.8 Å². The second-order valence-electron chi connectivity index (χ2n) is 13.1. The van der Waals surface area contributed by atoms with Gasteiger partial charge in [-0.2, -0.15) is 0 Å². The Morgan fingerprint density at radius 1 is 0.796 bits per heavy atom. The minimum atomic E-state index is -0.367. The zero-order chi connectivity index (χ0) is 33.5. The Morgan fingerprint density at radius 2 is 1.43 bits per heavy atom. The van der Waals surface area contributed by atoms with Gasteiger partial charge in [-0.25, -0.2) is 0 Å². The molecule has 5 aromatic carbocycles. The molecule has 2 aliphatic heterocycles. The Bertz CT molecular complexity index is 1660. The zero-order valence-corrected chi connectivity index (χ0v) is 29.7. The molecule has 6 heteroatoms. The van der Waals surface area contributed by atoms with Gasteiger partial charge in [0.15, 0.2) is 0 Å². The van der Waals surface area contributed by atoms with E-state index in [1.807, 2.05) is 18.2 Å². The van der Waals surface area contributed by atoms with Crippen molar-refractivity contribution in [2.75, 3.05) is 38.7 Å². The van der Waals surface area contributed by atoms with Crippen LogP contribution in [0.15, 0.2) is 140 Å². The molecular weight excluding hydrogens is 644 g/mol. The number of halogens is 1. The number of nitrogens with zero attached hydrogens (tertiary/aromatic N) is 2. The highest BCUT2D eigenvalue weighted by Crippen LogP contribution is 2.46. The van der Waals surface area contributed by atoms with E-state index in [9.17, 15) is 0 Å². The maximum absolute atomic E-state index is 6.39. The molecule has 3 unspecified atom stereocenters. The largest absolute Gasteiger partial charge is 0.492 e. The second kappa shape index (κ2) is 16.0. The van der Waals surface area contributed by atoms with Crippen molar-refractivity contribution in [1.29, 1.82) is 0 Å². The zero-order valence-electron chi connectivity index (χ0n) is 28.2. The number of benzene rings is 5. The molecule has 0 radical (unpaired) electrons. The maximum atomic E-state index is 6.39. The molecule has 0 saturated carbocycles. The van der Waals surface area contributed by atoms with Gasteiger partial charge in [-0.15, -0.1) is 11.8 Å². The Morgan fingerprint density at radius 3 is 2.02 bits per heavy atom. The van der Waals surface area contributed by atoms with Gasteiger partial charge in [0.1, 0.15) is 12.4 Å². The predicted molar refractivity (Wildman–Crippen MR) is 204 cm³/mol. The summed E-state index contributed by atoms with van der Waals surface area (Å²) in [5.41, 5.74) is 6.03. The summed E-state index contributed by atoms with van der Waals surface area (Å²) in [6.07, 6.45) is 2.07. The van der Waals surface area contributed by atoms with Gasteiger partial charge in [0.25, 0.3) is 0 Å². The first kappa shape index (κ1) is 33.9. The van der Waals surface area contributed by atoms with E-state index in [1.165, 1.54) is 22.3 Å². The van der Waals surface area contributed by atoms with Crippen LogP contribution in [-0.2, 0) is 16.7 Å². The van der Waals surface area contributed by atoms with Gasteiger partial charge in [0.2, 0.25) is 0 Å². The minimum Gasteiger partial charge on any atom is -0.492 e. The summed E-state index contributed by atoms with van der Waals surface area (Å²) in [4.78, 5) is 5.19. The van der Waals surface area contributed by atoms with Crippen molar-refractivity contribution in [2.24, 2.45) is 0 Å². The molecule has 0 N–H and O–H groups in total. The molecule has 2 fully saturated rings. The lowest BCUT2D eigenvalue weighted by molar-refractivity contribution is -0.0513. The molecular formula is C43H45ClN2O2S. The van der Waals surface area contributed by atoms with Gasteiger partial charge < -0.3 is 9.47 Å². The predicted octanol–water partition coefficient (Wildman–Crippen LogP) is 9.48. The van der Waals surface area contributed by atoms with Crippen molar-refractivity contribution in [3.63, 3.8) is 0 Å². The topological polar surface area (TPSA) is 24.9 Å². The lowest BCUT2D eigenvalue weighted by Crippen LogP contribution is -2.47. The van der Waals surface area contributed by atoms with Gasteiger partial charge in [-0.1, -0.05) is 134 Å². The molecule has 0 bridgehead atoms. The number of rotatable bonds is 12. The Labute approximate surface area is 301 Å². The molecule has 49 heavy (non-hydrogen) atoms. The number of thioether (sulfide) groups is 1. The van der Waals surface area contributed by atoms with Gasteiger partial charge in [-0.3, -0.25) is 9.80 Å². The van der Waals surface area contributed by atoms with Crippen molar-refractivity contribution in [3.8, 4) is 5.75 Å². The number of hydrogen-bond donors (Lipinski definition) is 0. The Balaban J connectivity index is 1.01. The van der Waals surface area contributed by atoms with Gasteiger partial charge in [0.05, 0.1) is 18.2 Å². The van der Waals surface area contributed by atoms with Crippen LogP contribution in [0.3, 0.4) is 0 Å². The van der Waals surface area contributed by atoms with Crippen LogP contribution in [-0.4, -0.2) is 59.8 Å². The van der Waals surface area contributed by atoms with Crippen LogP contribution in [0.25, 0.3) is 0 Å². The molecule has 0 amide bonds. The van der Waals surface area contributed by atoms with E-state index >= 15 is 0 Å². The Hall–Kier alpha value is -3.58. The third kappa shape index (κ3) is 7.62. The average Bonchev–Trinajstić information content (AvgIpc) is 3.63. The van der Waals surface area contributed by atoms with E-state index in [0.29, 0.717) is 24.5 Å². The summed E-state index contributed by atoms with van der Waals surface area (Å²) in [5, 5.41) is 1.24. The quantitative estimate of drug-likeness (QED) is 0.122. The van der Waals surface area contributed by atoms with Gasteiger partial charge >= 0.3 is 0 Å². The summed E-state index contributed by atoms with van der Waals surface area (Å²) in [6.45, 7) is 6.36. The lowest BCUT2D eigenvalue weighted by Gasteiger charge is -2.43.